The number of ether oxygens (including phenoxy) is 1. The number of nitrogens with zero attached hydrogens (tertiary/aromatic N) is 2. The van der Waals surface area contributed by atoms with Gasteiger partial charge in [-0.1, -0.05) is 0 Å². The summed E-state index contributed by atoms with van der Waals surface area (Å²) in [5, 5.41) is 9.63. The van der Waals surface area contributed by atoms with E-state index in [-0.39, 0.29) is 12.2 Å². The van der Waals surface area contributed by atoms with Gasteiger partial charge in [-0.05, 0) is 64.7 Å². The average molecular weight is 324 g/mol. The van der Waals surface area contributed by atoms with Gasteiger partial charge in [-0.25, -0.2) is 4.79 Å². The molecule has 2 heterocycles. The SMILES string of the molecule is CC(C)(C)OC(=O)N1CCC2(CC1)CC(N1CCC(O)CC1)C2. The van der Waals surface area contributed by atoms with Gasteiger partial charge < -0.3 is 19.6 Å². The summed E-state index contributed by atoms with van der Waals surface area (Å²) in [6.07, 6.45) is 6.37. The summed E-state index contributed by atoms with van der Waals surface area (Å²) >= 11 is 0. The smallest absolute Gasteiger partial charge is 0.410 e. The van der Waals surface area contributed by atoms with Gasteiger partial charge in [0, 0.05) is 32.2 Å². The van der Waals surface area contributed by atoms with Crippen LogP contribution in [-0.2, 0) is 4.74 Å². The van der Waals surface area contributed by atoms with Gasteiger partial charge in [-0.15, -0.1) is 0 Å². The Morgan fingerprint density at radius 3 is 2.17 bits per heavy atom. The number of likely N-dealkylation sites (tertiary alicyclic amines) is 2. The summed E-state index contributed by atoms with van der Waals surface area (Å²) in [5.74, 6) is 0. The zero-order chi connectivity index (χ0) is 16.7. The van der Waals surface area contributed by atoms with Gasteiger partial charge in [-0.2, -0.15) is 0 Å². The molecule has 5 nitrogen and oxygen atoms in total. The zero-order valence-electron chi connectivity index (χ0n) is 14.9. The molecule has 2 saturated heterocycles. The van der Waals surface area contributed by atoms with Gasteiger partial charge in [0.05, 0.1) is 6.10 Å². The molecule has 0 aromatic rings. The summed E-state index contributed by atoms with van der Waals surface area (Å²) in [6.45, 7) is 9.52. The minimum absolute atomic E-state index is 0.0858. The fourth-order valence-corrected chi connectivity index (χ4v) is 4.35. The molecule has 0 bridgehead atoms. The standard InChI is InChI=1S/C18H32N2O3/c1-17(2,3)23-16(22)20-10-6-18(7-11-20)12-14(13-18)19-8-4-15(21)5-9-19/h14-15,21H,4-13H2,1-3H3. The molecular weight excluding hydrogens is 292 g/mol. The van der Waals surface area contributed by atoms with Crippen molar-refractivity contribution in [1.29, 1.82) is 0 Å². The van der Waals surface area contributed by atoms with E-state index in [2.05, 4.69) is 4.90 Å². The first-order valence-electron chi connectivity index (χ1n) is 9.16. The molecule has 1 amide bonds. The van der Waals surface area contributed by atoms with Crippen LogP contribution in [0.4, 0.5) is 4.79 Å². The molecule has 3 rings (SSSR count). The van der Waals surface area contributed by atoms with E-state index >= 15 is 0 Å². The lowest BCUT2D eigenvalue weighted by Crippen LogP contribution is -2.57. The number of rotatable bonds is 1. The largest absolute Gasteiger partial charge is 0.444 e. The van der Waals surface area contributed by atoms with Crippen LogP contribution in [0.15, 0.2) is 0 Å². The maximum absolute atomic E-state index is 12.1. The van der Waals surface area contributed by atoms with Crippen molar-refractivity contribution < 1.29 is 14.6 Å². The quantitative estimate of drug-likeness (QED) is 0.805. The van der Waals surface area contributed by atoms with Gasteiger partial charge in [0.15, 0.2) is 0 Å². The Morgan fingerprint density at radius 1 is 1.09 bits per heavy atom. The second-order valence-electron chi connectivity index (χ2n) is 8.80. The van der Waals surface area contributed by atoms with Crippen molar-refractivity contribution >= 4 is 6.09 Å². The lowest BCUT2D eigenvalue weighted by atomic mass is 9.60. The van der Waals surface area contributed by atoms with Gasteiger partial charge in [0.2, 0.25) is 0 Å². The molecule has 132 valence electrons. The van der Waals surface area contributed by atoms with Gasteiger partial charge >= 0.3 is 6.09 Å². The summed E-state index contributed by atoms with van der Waals surface area (Å²) in [5.41, 5.74) is 0.0475. The molecule has 2 aliphatic heterocycles. The van der Waals surface area contributed by atoms with Crippen molar-refractivity contribution in [3.63, 3.8) is 0 Å². The van der Waals surface area contributed by atoms with Gasteiger partial charge in [-0.3, -0.25) is 0 Å². The number of hydrogen-bond acceptors (Lipinski definition) is 4. The Balaban J connectivity index is 1.43. The molecule has 23 heavy (non-hydrogen) atoms. The molecule has 1 spiro atoms. The summed E-state index contributed by atoms with van der Waals surface area (Å²) < 4.78 is 5.48. The van der Waals surface area contributed by atoms with Crippen LogP contribution in [0.1, 0.15) is 59.3 Å². The topological polar surface area (TPSA) is 53.0 Å². The third-order valence-electron chi connectivity index (χ3n) is 5.83. The highest BCUT2D eigenvalue weighted by Gasteiger charge is 2.48. The van der Waals surface area contributed by atoms with Crippen molar-refractivity contribution in [2.45, 2.75) is 77.0 Å². The second kappa shape index (κ2) is 6.25. The molecule has 1 saturated carbocycles. The highest BCUT2D eigenvalue weighted by molar-refractivity contribution is 5.68. The predicted octanol–water partition coefficient (Wildman–Crippen LogP) is 2.62. The van der Waals surface area contributed by atoms with Crippen LogP contribution >= 0.6 is 0 Å². The highest BCUT2D eigenvalue weighted by Crippen LogP contribution is 2.51. The maximum atomic E-state index is 12.1. The molecule has 1 aliphatic carbocycles. The van der Waals surface area contributed by atoms with Crippen molar-refractivity contribution in [2.75, 3.05) is 26.2 Å². The predicted molar refractivity (Wildman–Crippen MR) is 89.3 cm³/mol. The number of piperidine rings is 2. The number of carbonyl (C=O) groups is 1. The van der Waals surface area contributed by atoms with Crippen molar-refractivity contribution in [3.8, 4) is 0 Å². The van der Waals surface area contributed by atoms with E-state index in [1.54, 1.807) is 0 Å². The Hall–Kier alpha value is -0.810. The Bertz CT molecular complexity index is 422. The van der Waals surface area contributed by atoms with E-state index in [0.29, 0.717) is 11.5 Å². The third-order valence-corrected chi connectivity index (χ3v) is 5.83. The van der Waals surface area contributed by atoms with Crippen molar-refractivity contribution in [1.82, 2.24) is 9.80 Å². The lowest BCUT2D eigenvalue weighted by Gasteiger charge is -2.56. The van der Waals surface area contributed by atoms with E-state index in [1.807, 2.05) is 25.7 Å². The monoisotopic (exact) mass is 324 g/mol. The van der Waals surface area contributed by atoms with E-state index in [9.17, 15) is 9.90 Å². The van der Waals surface area contributed by atoms with Crippen molar-refractivity contribution in [2.24, 2.45) is 5.41 Å². The van der Waals surface area contributed by atoms with Crippen LogP contribution in [0.3, 0.4) is 0 Å². The Labute approximate surface area is 140 Å². The minimum atomic E-state index is -0.410. The van der Waals surface area contributed by atoms with E-state index in [4.69, 9.17) is 4.74 Å². The fourth-order valence-electron chi connectivity index (χ4n) is 4.35. The Kier molecular flexibility index (Phi) is 4.62. The van der Waals surface area contributed by atoms with Crippen LogP contribution < -0.4 is 0 Å². The molecular formula is C18H32N2O3. The molecule has 1 N–H and O–H groups in total. The van der Waals surface area contributed by atoms with Crippen LogP contribution in [0.5, 0.6) is 0 Å². The maximum Gasteiger partial charge on any atom is 0.410 e. The van der Waals surface area contributed by atoms with E-state index in [0.717, 1.165) is 51.9 Å². The lowest BCUT2D eigenvalue weighted by molar-refractivity contribution is -0.0607. The number of aliphatic hydroxyl groups excluding tert-OH is 1. The first-order chi connectivity index (χ1) is 10.8. The highest BCUT2D eigenvalue weighted by atomic mass is 16.6. The number of amides is 1. The molecule has 0 radical (unpaired) electrons. The number of carbonyl (C=O) groups excluding carboxylic acids is 1. The van der Waals surface area contributed by atoms with Crippen LogP contribution in [0.25, 0.3) is 0 Å². The zero-order valence-corrected chi connectivity index (χ0v) is 14.9. The van der Waals surface area contributed by atoms with E-state index < -0.39 is 5.60 Å². The first kappa shape index (κ1) is 17.0. The molecule has 3 aliphatic rings. The summed E-state index contributed by atoms with van der Waals surface area (Å²) in [6, 6.07) is 0.704. The van der Waals surface area contributed by atoms with Crippen molar-refractivity contribution in [3.05, 3.63) is 0 Å². The molecule has 5 heteroatoms. The minimum Gasteiger partial charge on any atom is -0.444 e. The molecule has 3 fully saturated rings. The second-order valence-corrected chi connectivity index (χ2v) is 8.80. The van der Waals surface area contributed by atoms with Crippen LogP contribution in [0.2, 0.25) is 0 Å². The van der Waals surface area contributed by atoms with Gasteiger partial charge in [0.25, 0.3) is 0 Å². The molecule has 0 atom stereocenters. The normalized spacial score (nSPS) is 27.0. The molecule has 0 unspecified atom stereocenters. The van der Waals surface area contributed by atoms with Crippen LogP contribution in [-0.4, -0.2) is 64.9 Å². The first-order valence-corrected chi connectivity index (χ1v) is 9.16. The number of hydrogen-bond donors (Lipinski definition) is 1. The fraction of sp³-hybridized carbons (Fsp3) is 0.944. The Morgan fingerprint density at radius 2 is 1.65 bits per heavy atom. The summed E-state index contributed by atoms with van der Waals surface area (Å²) in [7, 11) is 0. The third kappa shape index (κ3) is 4.00. The number of aliphatic hydroxyl groups is 1. The summed E-state index contributed by atoms with van der Waals surface area (Å²) in [4.78, 5) is 16.6. The van der Waals surface area contributed by atoms with E-state index in [1.165, 1.54) is 12.8 Å². The van der Waals surface area contributed by atoms with Crippen LogP contribution in [0, 0.1) is 5.41 Å². The average Bonchev–Trinajstić information content (AvgIpc) is 2.44. The molecule has 0 aromatic heterocycles. The molecule has 0 aromatic carbocycles. The van der Waals surface area contributed by atoms with Gasteiger partial charge in [0.1, 0.15) is 5.60 Å².